The molecule has 0 aromatic rings. The van der Waals surface area contributed by atoms with Crippen molar-refractivity contribution >= 4 is 6.21 Å². The minimum absolute atomic E-state index is 0.275. The van der Waals surface area contributed by atoms with Crippen LogP contribution in [0.2, 0.25) is 0 Å². The molecule has 0 aromatic carbocycles. The number of likely N-dealkylation sites (N-methyl/N-ethyl adjacent to an activating group) is 1. The molecule has 0 fully saturated rings. The van der Waals surface area contributed by atoms with Gasteiger partial charge in [-0.2, -0.15) is 0 Å². The molecule has 1 aliphatic rings. The molecule has 1 N–H and O–H groups in total. The first-order valence-corrected chi connectivity index (χ1v) is 9.92. The summed E-state index contributed by atoms with van der Waals surface area (Å²) < 4.78 is 0.966. The highest BCUT2D eigenvalue weighted by Gasteiger charge is 2.36. The average molecular weight is 324 g/mol. The highest BCUT2D eigenvalue weighted by atomic mass is 16.3. The van der Waals surface area contributed by atoms with Crippen molar-refractivity contribution in [2.24, 2.45) is 4.99 Å². The van der Waals surface area contributed by atoms with E-state index in [0.717, 1.165) is 24.1 Å². The van der Waals surface area contributed by atoms with E-state index in [2.05, 4.69) is 37.2 Å². The topological polar surface area (TPSA) is 32.6 Å². The number of rotatable bonds is 14. The summed E-state index contributed by atoms with van der Waals surface area (Å²) in [6, 6.07) is 0. The van der Waals surface area contributed by atoms with E-state index in [1.165, 1.54) is 64.2 Å². The van der Waals surface area contributed by atoms with Gasteiger partial charge < -0.3 is 5.11 Å². The lowest BCUT2D eigenvalue weighted by Crippen LogP contribution is -2.53. The zero-order valence-electron chi connectivity index (χ0n) is 15.6. The molecular weight excluding hydrogens is 284 g/mol. The summed E-state index contributed by atoms with van der Waals surface area (Å²) in [4.78, 5) is 4.68. The standard InChI is InChI=1S/C20H39N2O/c1-3-5-6-7-8-9-10-11-12-13-14-15-20-21-16-17-22(20,4-2)18-19-23/h9-10,16,20,23H,3-8,11-15,17-19H2,1-2H3/q+1/b10-9+. The van der Waals surface area contributed by atoms with E-state index in [-0.39, 0.29) is 6.61 Å². The Kier molecular flexibility index (Phi) is 11.3. The fourth-order valence-corrected chi connectivity index (χ4v) is 3.57. The van der Waals surface area contributed by atoms with Gasteiger partial charge in [0.25, 0.3) is 0 Å². The van der Waals surface area contributed by atoms with Gasteiger partial charge in [0, 0.05) is 6.42 Å². The van der Waals surface area contributed by atoms with E-state index in [1.54, 1.807) is 0 Å². The number of allylic oxidation sites excluding steroid dienone is 2. The van der Waals surface area contributed by atoms with Crippen LogP contribution >= 0.6 is 0 Å². The average Bonchev–Trinajstić information content (AvgIpc) is 2.96. The SMILES string of the molecule is CCCCCC/C=C/CCCCCC1N=CC[N+]1(CC)CCO. The number of aliphatic hydroxyl groups is 1. The maximum absolute atomic E-state index is 9.32. The van der Waals surface area contributed by atoms with Crippen LogP contribution in [-0.4, -0.2) is 48.2 Å². The summed E-state index contributed by atoms with van der Waals surface area (Å²) in [5, 5.41) is 9.32. The van der Waals surface area contributed by atoms with Crippen LogP contribution in [0.15, 0.2) is 17.1 Å². The van der Waals surface area contributed by atoms with Gasteiger partial charge in [0.1, 0.15) is 13.1 Å². The number of quaternary nitrogens is 1. The Balaban J connectivity index is 2.06. The van der Waals surface area contributed by atoms with Crippen molar-refractivity contribution in [2.45, 2.75) is 84.2 Å². The molecule has 1 heterocycles. The number of nitrogens with zero attached hydrogens (tertiary/aromatic N) is 2. The van der Waals surface area contributed by atoms with Crippen molar-refractivity contribution in [2.75, 3.05) is 26.2 Å². The lowest BCUT2D eigenvalue weighted by Gasteiger charge is -2.37. The molecule has 2 atom stereocenters. The van der Waals surface area contributed by atoms with Gasteiger partial charge in [-0.15, -0.1) is 0 Å². The van der Waals surface area contributed by atoms with Gasteiger partial charge in [-0.25, -0.2) is 4.99 Å². The maximum Gasteiger partial charge on any atom is 0.182 e. The zero-order chi connectivity index (χ0) is 16.8. The molecule has 0 spiro atoms. The molecule has 0 amide bonds. The van der Waals surface area contributed by atoms with E-state index in [0.29, 0.717) is 6.17 Å². The van der Waals surface area contributed by atoms with Gasteiger partial charge in [0.05, 0.1) is 19.4 Å². The summed E-state index contributed by atoms with van der Waals surface area (Å²) in [6.07, 6.45) is 20.2. The summed E-state index contributed by atoms with van der Waals surface area (Å²) in [5.74, 6) is 0. The first-order chi connectivity index (χ1) is 11.3. The second-order valence-electron chi connectivity index (χ2n) is 6.94. The Morgan fingerprint density at radius 2 is 1.74 bits per heavy atom. The second kappa shape index (κ2) is 12.7. The Morgan fingerprint density at radius 3 is 2.35 bits per heavy atom. The molecule has 0 aromatic heterocycles. The molecule has 2 unspecified atom stereocenters. The van der Waals surface area contributed by atoms with Crippen LogP contribution in [-0.2, 0) is 0 Å². The lowest BCUT2D eigenvalue weighted by atomic mass is 10.1. The van der Waals surface area contributed by atoms with Crippen LogP contribution in [0.4, 0.5) is 0 Å². The molecule has 1 rings (SSSR count). The molecule has 0 saturated heterocycles. The van der Waals surface area contributed by atoms with E-state index in [4.69, 9.17) is 0 Å². The fourth-order valence-electron chi connectivity index (χ4n) is 3.57. The van der Waals surface area contributed by atoms with Crippen LogP contribution in [0.25, 0.3) is 0 Å². The third-order valence-electron chi connectivity index (χ3n) is 5.25. The number of unbranched alkanes of at least 4 members (excludes halogenated alkanes) is 7. The molecule has 3 nitrogen and oxygen atoms in total. The summed E-state index contributed by atoms with van der Waals surface area (Å²) >= 11 is 0. The molecule has 23 heavy (non-hydrogen) atoms. The molecule has 0 aliphatic carbocycles. The summed E-state index contributed by atoms with van der Waals surface area (Å²) in [6.45, 7) is 7.69. The molecule has 1 aliphatic heterocycles. The van der Waals surface area contributed by atoms with Crippen molar-refractivity contribution < 1.29 is 9.59 Å². The maximum atomic E-state index is 9.32. The fraction of sp³-hybridized carbons (Fsp3) is 0.850. The van der Waals surface area contributed by atoms with E-state index in [9.17, 15) is 5.11 Å². The normalized spacial score (nSPS) is 24.0. The predicted octanol–water partition coefficient (Wildman–Crippen LogP) is 4.70. The van der Waals surface area contributed by atoms with Gasteiger partial charge in [0.15, 0.2) is 6.17 Å². The van der Waals surface area contributed by atoms with Gasteiger partial charge >= 0.3 is 0 Å². The van der Waals surface area contributed by atoms with Crippen LogP contribution in [0.1, 0.15) is 78.1 Å². The number of hydrogen-bond donors (Lipinski definition) is 1. The highest BCUT2D eigenvalue weighted by molar-refractivity contribution is 5.60. The minimum atomic E-state index is 0.275. The molecule has 0 radical (unpaired) electrons. The second-order valence-corrected chi connectivity index (χ2v) is 6.94. The monoisotopic (exact) mass is 323 g/mol. The van der Waals surface area contributed by atoms with Crippen LogP contribution in [0, 0.1) is 0 Å². The van der Waals surface area contributed by atoms with Gasteiger partial charge in [-0.05, 0) is 39.0 Å². The molecule has 3 heteroatoms. The van der Waals surface area contributed by atoms with E-state index < -0.39 is 0 Å². The molecule has 134 valence electrons. The van der Waals surface area contributed by atoms with Crippen molar-refractivity contribution in [3.8, 4) is 0 Å². The third-order valence-corrected chi connectivity index (χ3v) is 5.25. The summed E-state index contributed by atoms with van der Waals surface area (Å²) in [7, 11) is 0. The van der Waals surface area contributed by atoms with E-state index >= 15 is 0 Å². The molecule has 0 saturated carbocycles. The van der Waals surface area contributed by atoms with Crippen LogP contribution in [0.5, 0.6) is 0 Å². The zero-order valence-corrected chi connectivity index (χ0v) is 15.6. The smallest absolute Gasteiger partial charge is 0.182 e. The van der Waals surface area contributed by atoms with Gasteiger partial charge in [-0.1, -0.05) is 44.8 Å². The van der Waals surface area contributed by atoms with Crippen molar-refractivity contribution in [1.82, 2.24) is 0 Å². The summed E-state index contributed by atoms with van der Waals surface area (Å²) in [5.41, 5.74) is 0. The quantitative estimate of drug-likeness (QED) is 0.280. The van der Waals surface area contributed by atoms with Crippen LogP contribution in [0.3, 0.4) is 0 Å². The predicted molar refractivity (Wildman–Crippen MR) is 101 cm³/mol. The van der Waals surface area contributed by atoms with Crippen LogP contribution < -0.4 is 0 Å². The van der Waals surface area contributed by atoms with Gasteiger partial charge in [0.2, 0.25) is 0 Å². The third kappa shape index (κ3) is 7.63. The number of aliphatic imine (C=N–C) groups is 1. The lowest BCUT2D eigenvalue weighted by molar-refractivity contribution is -0.936. The number of hydrogen-bond acceptors (Lipinski definition) is 2. The van der Waals surface area contributed by atoms with Crippen molar-refractivity contribution in [3.05, 3.63) is 12.2 Å². The Morgan fingerprint density at radius 1 is 1.04 bits per heavy atom. The first-order valence-electron chi connectivity index (χ1n) is 9.92. The van der Waals surface area contributed by atoms with Gasteiger partial charge in [-0.3, -0.25) is 4.48 Å². The van der Waals surface area contributed by atoms with E-state index in [1.807, 2.05) is 0 Å². The number of aliphatic hydroxyl groups excluding tert-OH is 1. The Labute approximate surface area is 144 Å². The minimum Gasteiger partial charge on any atom is -0.391 e. The first kappa shape index (κ1) is 20.4. The molecule has 0 bridgehead atoms. The largest absolute Gasteiger partial charge is 0.391 e. The Bertz CT molecular complexity index is 341. The Hall–Kier alpha value is -0.670. The highest BCUT2D eigenvalue weighted by Crippen LogP contribution is 2.23. The van der Waals surface area contributed by atoms with Crippen molar-refractivity contribution in [3.63, 3.8) is 0 Å². The molecular formula is C20H39N2O+. The van der Waals surface area contributed by atoms with Crippen molar-refractivity contribution in [1.29, 1.82) is 0 Å².